The van der Waals surface area contributed by atoms with Gasteiger partial charge in [-0.15, -0.1) is 0 Å². The van der Waals surface area contributed by atoms with Crippen LogP contribution in [-0.2, 0) is 4.79 Å². The van der Waals surface area contributed by atoms with Crippen molar-refractivity contribution in [2.75, 3.05) is 20.7 Å². The van der Waals surface area contributed by atoms with E-state index in [1.807, 2.05) is 31.2 Å². The second-order valence-corrected chi connectivity index (χ2v) is 5.71. The lowest BCUT2D eigenvalue weighted by atomic mass is 10.1. The number of ether oxygens (including phenoxy) is 1. The molecule has 0 aliphatic rings. The van der Waals surface area contributed by atoms with Gasteiger partial charge in [0.2, 0.25) is 0 Å². The number of rotatable bonds is 6. The first kappa shape index (κ1) is 17.5. The third-order valence-electron chi connectivity index (χ3n) is 3.47. The quantitative estimate of drug-likeness (QED) is 0.605. The molecule has 0 N–H and O–H groups in total. The Labute approximate surface area is 142 Å². The van der Waals surface area contributed by atoms with E-state index in [2.05, 4.69) is 0 Å². The zero-order valence-corrected chi connectivity index (χ0v) is 14.2. The molecule has 1 amide bonds. The van der Waals surface area contributed by atoms with Gasteiger partial charge in [0.15, 0.2) is 12.4 Å². The van der Waals surface area contributed by atoms with Gasteiger partial charge in [-0.3, -0.25) is 9.59 Å². The van der Waals surface area contributed by atoms with Crippen LogP contribution in [0, 0.1) is 6.92 Å². The van der Waals surface area contributed by atoms with E-state index in [1.54, 1.807) is 50.5 Å². The predicted octanol–water partition coefficient (Wildman–Crippen LogP) is 3.36. The number of carbonyl (C=O) groups excluding carboxylic acids is 2. The van der Waals surface area contributed by atoms with Crippen LogP contribution in [0.3, 0.4) is 0 Å². The molecule has 24 heavy (non-hydrogen) atoms. The molecule has 0 fully saturated rings. The predicted molar refractivity (Wildman–Crippen MR) is 95.2 cm³/mol. The van der Waals surface area contributed by atoms with E-state index < -0.39 is 0 Å². The normalized spacial score (nSPS) is 10.6. The van der Waals surface area contributed by atoms with Crippen LogP contribution >= 0.6 is 0 Å². The number of ketones is 1. The van der Waals surface area contributed by atoms with E-state index in [9.17, 15) is 9.59 Å². The van der Waals surface area contributed by atoms with Crippen LogP contribution in [0.1, 0.15) is 21.5 Å². The summed E-state index contributed by atoms with van der Waals surface area (Å²) in [5.41, 5.74) is 2.72. The number of likely N-dealkylation sites (N-methyl/N-ethyl adjacent to an activating group) is 1. The number of allylic oxidation sites excluding steroid dienone is 1. The molecule has 124 valence electrons. The second kappa shape index (κ2) is 8.11. The average Bonchev–Trinajstić information content (AvgIpc) is 2.58. The summed E-state index contributed by atoms with van der Waals surface area (Å²) in [6, 6.07) is 14.7. The molecule has 0 radical (unpaired) electrons. The molecule has 2 aromatic carbocycles. The van der Waals surface area contributed by atoms with Gasteiger partial charge in [-0.1, -0.05) is 35.9 Å². The third-order valence-corrected chi connectivity index (χ3v) is 3.47. The molecule has 4 nitrogen and oxygen atoms in total. The van der Waals surface area contributed by atoms with Gasteiger partial charge in [-0.05, 0) is 42.8 Å². The van der Waals surface area contributed by atoms with E-state index in [4.69, 9.17) is 4.74 Å². The molecular weight excluding hydrogens is 302 g/mol. The zero-order valence-electron chi connectivity index (χ0n) is 14.2. The molecule has 2 aromatic rings. The van der Waals surface area contributed by atoms with Crippen molar-refractivity contribution >= 4 is 17.8 Å². The average molecular weight is 323 g/mol. The Kier molecular flexibility index (Phi) is 5.90. The SMILES string of the molecule is Cc1cccc(/C=C/C(=O)c2ccc(OCC(=O)N(C)C)cc2)c1. The molecule has 0 aliphatic carbocycles. The molecular formula is C20H21NO3. The maximum atomic E-state index is 12.2. The van der Waals surface area contributed by atoms with Crippen molar-refractivity contribution in [3.63, 3.8) is 0 Å². The van der Waals surface area contributed by atoms with E-state index in [0.717, 1.165) is 11.1 Å². The van der Waals surface area contributed by atoms with Gasteiger partial charge in [0.05, 0.1) is 0 Å². The van der Waals surface area contributed by atoms with Gasteiger partial charge in [0.1, 0.15) is 5.75 Å². The lowest BCUT2D eigenvalue weighted by molar-refractivity contribution is -0.130. The van der Waals surface area contributed by atoms with Crippen LogP contribution in [0.4, 0.5) is 0 Å². The van der Waals surface area contributed by atoms with Crippen molar-refractivity contribution in [3.05, 3.63) is 71.3 Å². The summed E-state index contributed by atoms with van der Waals surface area (Å²) in [5, 5.41) is 0. The molecule has 0 saturated heterocycles. The van der Waals surface area contributed by atoms with Crippen molar-refractivity contribution in [2.45, 2.75) is 6.92 Å². The highest BCUT2D eigenvalue weighted by Gasteiger charge is 2.06. The van der Waals surface area contributed by atoms with Crippen LogP contribution in [0.15, 0.2) is 54.6 Å². The van der Waals surface area contributed by atoms with Crippen molar-refractivity contribution < 1.29 is 14.3 Å². The van der Waals surface area contributed by atoms with Gasteiger partial charge in [0, 0.05) is 19.7 Å². The van der Waals surface area contributed by atoms with Gasteiger partial charge in [-0.2, -0.15) is 0 Å². The summed E-state index contributed by atoms with van der Waals surface area (Å²) in [5.74, 6) is 0.369. The summed E-state index contributed by atoms with van der Waals surface area (Å²) in [6.07, 6.45) is 3.36. The van der Waals surface area contributed by atoms with Crippen LogP contribution in [-0.4, -0.2) is 37.3 Å². The zero-order chi connectivity index (χ0) is 17.5. The Morgan fingerprint density at radius 3 is 2.42 bits per heavy atom. The Bertz CT molecular complexity index is 746. The number of amides is 1. The first-order chi connectivity index (χ1) is 11.5. The fraction of sp³-hybridized carbons (Fsp3) is 0.200. The smallest absolute Gasteiger partial charge is 0.259 e. The van der Waals surface area contributed by atoms with E-state index >= 15 is 0 Å². The molecule has 0 atom stereocenters. The third kappa shape index (κ3) is 5.09. The lowest BCUT2D eigenvalue weighted by Gasteiger charge is -2.11. The number of hydrogen-bond donors (Lipinski definition) is 0. The Balaban J connectivity index is 1.97. The minimum absolute atomic E-state index is 0.0203. The standard InChI is InChI=1S/C20H21NO3/c1-15-5-4-6-16(13-15)7-12-19(22)17-8-10-18(11-9-17)24-14-20(23)21(2)3/h4-13H,14H2,1-3H3/b12-7+. The Morgan fingerprint density at radius 2 is 1.79 bits per heavy atom. The molecule has 4 heteroatoms. The van der Waals surface area contributed by atoms with Gasteiger partial charge in [-0.25, -0.2) is 0 Å². The highest BCUT2D eigenvalue weighted by molar-refractivity contribution is 6.06. The van der Waals surface area contributed by atoms with Crippen molar-refractivity contribution in [3.8, 4) is 5.75 Å². The molecule has 2 rings (SSSR count). The van der Waals surface area contributed by atoms with E-state index in [1.165, 1.54) is 4.90 Å². The number of nitrogens with zero attached hydrogens (tertiary/aromatic N) is 1. The lowest BCUT2D eigenvalue weighted by Crippen LogP contribution is -2.27. The molecule has 0 unspecified atom stereocenters. The van der Waals surface area contributed by atoms with Gasteiger partial charge in [0.25, 0.3) is 5.91 Å². The molecule has 0 aliphatic heterocycles. The summed E-state index contributed by atoms with van der Waals surface area (Å²) >= 11 is 0. The summed E-state index contributed by atoms with van der Waals surface area (Å²) in [4.78, 5) is 25.1. The van der Waals surface area contributed by atoms with Crippen LogP contribution in [0.2, 0.25) is 0 Å². The first-order valence-corrected chi connectivity index (χ1v) is 7.68. The Hall–Kier alpha value is -2.88. The first-order valence-electron chi connectivity index (χ1n) is 7.68. The number of aryl methyl sites for hydroxylation is 1. The van der Waals surface area contributed by atoms with Crippen molar-refractivity contribution in [1.29, 1.82) is 0 Å². The summed E-state index contributed by atoms with van der Waals surface area (Å²) in [6.45, 7) is 1.99. The fourth-order valence-electron chi connectivity index (χ4n) is 2.03. The molecule has 0 heterocycles. The maximum Gasteiger partial charge on any atom is 0.259 e. The van der Waals surface area contributed by atoms with E-state index in [0.29, 0.717) is 11.3 Å². The molecule has 0 aromatic heterocycles. The molecule has 0 bridgehead atoms. The summed E-state index contributed by atoms with van der Waals surface area (Å²) < 4.78 is 5.39. The number of carbonyl (C=O) groups is 2. The minimum atomic E-state index is -0.115. The van der Waals surface area contributed by atoms with Crippen LogP contribution in [0.25, 0.3) is 6.08 Å². The Morgan fingerprint density at radius 1 is 1.08 bits per heavy atom. The molecule has 0 saturated carbocycles. The fourth-order valence-corrected chi connectivity index (χ4v) is 2.03. The van der Waals surface area contributed by atoms with Gasteiger partial charge >= 0.3 is 0 Å². The van der Waals surface area contributed by atoms with E-state index in [-0.39, 0.29) is 18.3 Å². The topological polar surface area (TPSA) is 46.6 Å². The van der Waals surface area contributed by atoms with Crippen LogP contribution in [0.5, 0.6) is 5.75 Å². The molecule has 0 spiro atoms. The maximum absolute atomic E-state index is 12.2. The number of benzene rings is 2. The monoisotopic (exact) mass is 323 g/mol. The van der Waals surface area contributed by atoms with Crippen molar-refractivity contribution in [2.24, 2.45) is 0 Å². The number of hydrogen-bond acceptors (Lipinski definition) is 3. The highest BCUT2D eigenvalue weighted by atomic mass is 16.5. The van der Waals surface area contributed by atoms with Crippen LogP contribution < -0.4 is 4.74 Å². The largest absolute Gasteiger partial charge is 0.484 e. The van der Waals surface area contributed by atoms with Gasteiger partial charge < -0.3 is 9.64 Å². The highest BCUT2D eigenvalue weighted by Crippen LogP contribution is 2.14. The summed E-state index contributed by atoms with van der Waals surface area (Å²) in [7, 11) is 3.35. The second-order valence-electron chi connectivity index (χ2n) is 5.71. The minimum Gasteiger partial charge on any atom is -0.484 e. The van der Waals surface area contributed by atoms with Crippen molar-refractivity contribution in [1.82, 2.24) is 4.90 Å².